The van der Waals surface area contributed by atoms with Crippen LogP contribution in [-0.2, 0) is 0 Å². The third-order valence-corrected chi connectivity index (χ3v) is 3.22. The topological polar surface area (TPSA) is 41.0 Å². The van der Waals surface area contributed by atoms with Gasteiger partial charge in [0, 0.05) is 18.9 Å². The Balaban J connectivity index is 1.69. The zero-order valence-corrected chi connectivity index (χ0v) is 10.5. The summed E-state index contributed by atoms with van der Waals surface area (Å²) in [5, 5.41) is 3.11. The van der Waals surface area contributed by atoms with Gasteiger partial charge in [-0.05, 0) is 37.9 Å². The summed E-state index contributed by atoms with van der Waals surface area (Å²) in [5.41, 5.74) is 0. The van der Waals surface area contributed by atoms with Crippen molar-refractivity contribution in [1.82, 2.24) is 14.9 Å². The monoisotopic (exact) mass is 274 g/mol. The van der Waals surface area contributed by atoms with Crippen molar-refractivity contribution >= 4 is 5.95 Å². The predicted molar refractivity (Wildman–Crippen MR) is 65.7 cm³/mol. The Kier molecular flexibility index (Phi) is 4.57. The van der Waals surface area contributed by atoms with Gasteiger partial charge in [0.1, 0.15) is 0 Å². The third kappa shape index (κ3) is 5.02. The molecule has 4 nitrogen and oxygen atoms in total. The zero-order valence-electron chi connectivity index (χ0n) is 10.5. The molecule has 0 aliphatic carbocycles. The second kappa shape index (κ2) is 6.18. The Hall–Kier alpha value is -1.37. The largest absolute Gasteiger partial charge is 0.401 e. The van der Waals surface area contributed by atoms with Gasteiger partial charge in [-0.3, -0.25) is 4.90 Å². The van der Waals surface area contributed by atoms with Crippen LogP contribution in [0.4, 0.5) is 19.1 Å². The molecule has 1 aliphatic heterocycles. The van der Waals surface area contributed by atoms with Crippen LogP contribution in [0, 0.1) is 5.92 Å². The van der Waals surface area contributed by atoms with Crippen molar-refractivity contribution in [3.63, 3.8) is 0 Å². The second-order valence-electron chi connectivity index (χ2n) is 4.79. The first-order valence-electron chi connectivity index (χ1n) is 6.33. The van der Waals surface area contributed by atoms with Crippen LogP contribution in [0.15, 0.2) is 18.5 Å². The van der Waals surface area contributed by atoms with Gasteiger partial charge in [0.15, 0.2) is 0 Å². The number of likely N-dealkylation sites (tertiary alicyclic amines) is 1. The van der Waals surface area contributed by atoms with Gasteiger partial charge >= 0.3 is 6.18 Å². The lowest BCUT2D eigenvalue weighted by molar-refractivity contribution is -0.148. The van der Waals surface area contributed by atoms with E-state index in [0.29, 0.717) is 31.5 Å². The molecule has 0 bridgehead atoms. The smallest absolute Gasteiger partial charge is 0.354 e. The number of rotatable bonds is 4. The number of nitrogens with zero attached hydrogens (tertiary/aromatic N) is 3. The maximum Gasteiger partial charge on any atom is 0.401 e. The van der Waals surface area contributed by atoms with Crippen molar-refractivity contribution in [2.45, 2.75) is 19.0 Å². The van der Waals surface area contributed by atoms with Gasteiger partial charge in [-0.25, -0.2) is 9.97 Å². The van der Waals surface area contributed by atoms with Crippen LogP contribution in [-0.4, -0.2) is 47.2 Å². The first kappa shape index (κ1) is 14.0. The molecule has 106 valence electrons. The zero-order chi connectivity index (χ0) is 13.7. The number of hydrogen-bond acceptors (Lipinski definition) is 4. The second-order valence-corrected chi connectivity index (χ2v) is 4.79. The third-order valence-electron chi connectivity index (χ3n) is 3.22. The first-order valence-corrected chi connectivity index (χ1v) is 6.33. The molecule has 0 saturated carbocycles. The Morgan fingerprint density at radius 3 is 2.42 bits per heavy atom. The molecule has 0 amide bonds. The Labute approximate surface area is 110 Å². The summed E-state index contributed by atoms with van der Waals surface area (Å²) >= 11 is 0. The number of aromatic nitrogens is 2. The van der Waals surface area contributed by atoms with Crippen molar-refractivity contribution in [3.05, 3.63) is 18.5 Å². The van der Waals surface area contributed by atoms with Crippen molar-refractivity contribution < 1.29 is 13.2 Å². The molecule has 0 aromatic carbocycles. The predicted octanol–water partition coefficient (Wildman–Crippen LogP) is 2.16. The van der Waals surface area contributed by atoms with Crippen LogP contribution in [0.1, 0.15) is 12.8 Å². The molecule has 1 aromatic heterocycles. The molecular formula is C12H17F3N4. The van der Waals surface area contributed by atoms with Gasteiger partial charge in [0.2, 0.25) is 5.95 Å². The van der Waals surface area contributed by atoms with E-state index in [4.69, 9.17) is 0 Å². The minimum Gasteiger partial charge on any atom is -0.354 e. The van der Waals surface area contributed by atoms with Crippen molar-refractivity contribution in [1.29, 1.82) is 0 Å². The van der Waals surface area contributed by atoms with E-state index in [9.17, 15) is 13.2 Å². The summed E-state index contributed by atoms with van der Waals surface area (Å²) in [6, 6.07) is 1.74. The summed E-state index contributed by atoms with van der Waals surface area (Å²) in [5.74, 6) is 0.952. The number of alkyl halides is 3. The minimum absolute atomic E-state index is 0.383. The number of nitrogens with one attached hydrogen (secondary N) is 1. The molecule has 19 heavy (non-hydrogen) atoms. The fourth-order valence-electron chi connectivity index (χ4n) is 2.23. The lowest BCUT2D eigenvalue weighted by Gasteiger charge is -2.32. The van der Waals surface area contributed by atoms with Gasteiger partial charge in [-0.1, -0.05) is 0 Å². The Bertz CT molecular complexity index is 374. The van der Waals surface area contributed by atoms with Crippen molar-refractivity contribution in [2.75, 3.05) is 31.5 Å². The van der Waals surface area contributed by atoms with E-state index in [2.05, 4.69) is 15.3 Å². The van der Waals surface area contributed by atoms with Gasteiger partial charge < -0.3 is 5.32 Å². The Morgan fingerprint density at radius 2 is 1.84 bits per heavy atom. The minimum atomic E-state index is -4.09. The van der Waals surface area contributed by atoms with Gasteiger partial charge in [0.05, 0.1) is 6.54 Å². The molecule has 1 fully saturated rings. The number of anilines is 1. The molecule has 2 rings (SSSR count). The van der Waals surface area contributed by atoms with E-state index in [-0.39, 0.29) is 0 Å². The van der Waals surface area contributed by atoms with Gasteiger partial charge in [0.25, 0.3) is 0 Å². The van der Waals surface area contributed by atoms with Crippen molar-refractivity contribution in [2.24, 2.45) is 5.92 Å². The summed E-state index contributed by atoms with van der Waals surface area (Å²) < 4.78 is 36.7. The fraction of sp³-hybridized carbons (Fsp3) is 0.667. The standard InChI is InChI=1S/C12H17F3N4/c13-12(14,15)9-19-6-2-10(3-7-19)8-18-11-16-4-1-5-17-11/h1,4-5,10H,2-3,6-9H2,(H,16,17,18). The SMILES string of the molecule is FC(F)(F)CN1CCC(CNc2ncccn2)CC1. The molecule has 1 saturated heterocycles. The lowest BCUT2D eigenvalue weighted by atomic mass is 9.97. The summed E-state index contributed by atoms with van der Waals surface area (Å²) in [7, 11) is 0. The summed E-state index contributed by atoms with van der Waals surface area (Å²) in [6.45, 7) is 0.918. The number of halogens is 3. The fourth-order valence-corrected chi connectivity index (χ4v) is 2.23. The van der Waals surface area contributed by atoms with Crippen LogP contribution in [0.25, 0.3) is 0 Å². The molecule has 2 heterocycles. The van der Waals surface area contributed by atoms with E-state index in [0.717, 1.165) is 12.8 Å². The molecule has 1 aliphatic rings. The van der Waals surface area contributed by atoms with E-state index in [1.54, 1.807) is 18.5 Å². The maximum atomic E-state index is 12.2. The molecule has 1 N–H and O–H groups in total. The molecule has 1 aromatic rings. The van der Waals surface area contributed by atoms with Crippen LogP contribution in [0.5, 0.6) is 0 Å². The number of piperidine rings is 1. The van der Waals surface area contributed by atoms with Crippen LogP contribution in [0.3, 0.4) is 0 Å². The van der Waals surface area contributed by atoms with E-state index in [1.807, 2.05) is 0 Å². The summed E-state index contributed by atoms with van der Waals surface area (Å²) in [4.78, 5) is 9.56. The van der Waals surface area contributed by atoms with E-state index >= 15 is 0 Å². The van der Waals surface area contributed by atoms with E-state index in [1.165, 1.54) is 4.90 Å². The highest BCUT2D eigenvalue weighted by atomic mass is 19.4. The highest BCUT2D eigenvalue weighted by Crippen LogP contribution is 2.22. The van der Waals surface area contributed by atoms with Gasteiger partial charge in [-0.15, -0.1) is 0 Å². The van der Waals surface area contributed by atoms with Crippen LogP contribution < -0.4 is 5.32 Å². The molecule has 0 atom stereocenters. The normalized spacial score (nSPS) is 18.5. The molecular weight excluding hydrogens is 257 g/mol. The van der Waals surface area contributed by atoms with Crippen LogP contribution in [0.2, 0.25) is 0 Å². The first-order chi connectivity index (χ1) is 9.03. The van der Waals surface area contributed by atoms with E-state index < -0.39 is 12.7 Å². The average molecular weight is 274 g/mol. The average Bonchev–Trinajstić information content (AvgIpc) is 2.37. The molecule has 0 radical (unpaired) electrons. The Morgan fingerprint density at radius 1 is 1.21 bits per heavy atom. The molecule has 7 heteroatoms. The number of hydrogen-bond donors (Lipinski definition) is 1. The summed E-state index contributed by atoms with van der Waals surface area (Å²) in [6.07, 6.45) is 0.761. The van der Waals surface area contributed by atoms with Crippen molar-refractivity contribution in [3.8, 4) is 0 Å². The highest BCUT2D eigenvalue weighted by Gasteiger charge is 2.32. The molecule has 0 unspecified atom stereocenters. The van der Waals surface area contributed by atoms with Gasteiger partial charge in [-0.2, -0.15) is 13.2 Å². The van der Waals surface area contributed by atoms with Crippen LogP contribution >= 0.6 is 0 Å². The highest BCUT2D eigenvalue weighted by molar-refractivity contribution is 5.21. The molecule has 0 spiro atoms. The quantitative estimate of drug-likeness (QED) is 0.913. The maximum absolute atomic E-state index is 12.2. The lowest BCUT2D eigenvalue weighted by Crippen LogP contribution is -2.41.